The topological polar surface area (TPSA) is 51.2 Å². The van der Waals surface area contributed by atoms with Crippen LogP contribution in [-0.4, -0.2) is 18.1 Å². The molecule has 2 rings (SSSR count). The standard InChI is InChI=1S/C9H10N2O2/c1-13-9(12)7-3-2-6-4-10-5-8(6)11-7/h2-3,10H,4-5H2,1H3. The Kier molecular flexibility index (Phi) is 1.98. The number of fused-ring (bicyclic) bond motifs is 1. The van der Waals surface area contributed by atoms with Crippen molar-refractivity contribution in [2.24, 2.45) is 0 Å². The third kappa shape index (κ3) is 1.40. The molecule has 0 bridgehead atoms. The van der Waals surface area contributed by atoms with E-state index >= 15 is 0 Å². The summed E-state index contributed by atoms with van der Waals surface area (Å²) in [6.45, 7) is 1.57. The number of carbonyl (C=O) groups is 1. The molecule has 0 amide bonds. The lowest BCUT2D eigenvalue weighted by Gasteiger charge is -2.00. The van der Waals surface area contributed by atoms with Crippen LogP contribution in [0.25, 0.3) is 0 Å². The van der Waals surface area contributed by atoms with Crippen LogP contribution >= 0.6 is 0 Å². The lowest BCUT2D eigenvalue weighted by Crippen LogP contribution is -2.06. The van der Waals surface area contributed by atoms with Crippen LogP contribution in [0.5, 0.6) is 0 Å². The zero-order chi connectivity index (χ0) is 9.26. The predicted molar refractivity (Wildman–Crippen MR) is 46.1 cm³/mol. The number of rotatable bonds is 1. The Hall–Kier alpha value is -1.42. The maximum Gasteiger partial charge on any atom is 0.356 e. The molecule has 4 nitrogen and oxygen atoms in total. The first-order valence-electron chi connectivity index (χ1n) is 4.09. The molecule has 0 saturated heterocycles. The summed E-state index contributed by atoms with van der Waals surface area (Å²) in [6, 6.07) is 3.60. The summed E-state index contributed by atoms with van der Waals surface area (Å²) in [4.78, 5) is 15.3. The number of pyridine rings is 1. The van der Waals surface area contributed by atoms with Gasteiger partial charge in [0.2, 0.25) is 0 Å². The number of hydrogen-bond donors (Lipinski definition) is 1. The minimum atomic E-state index is -0.380. The summed E-state index contributed by atoms with van der Waals surface area (Å²) in [6.07, 6.45) is 0. The number of nitrogens with one attached hydrogen (secondary N) is 1. The first kappa shape index (κ1) is 8.19. The molecule has 0 unspecified atom stereocenters. The third-order valence-electron chi connectivity index (χ3n) is 2.07. The third-order valence-corrected chi connectivity index (χ3v) is 2.07. The number of nitrogens with zero attached hydrogens (tertiary/aromatic N) is 1. The van der Waals surface area contributed by atoms with Gasteiger partial charge in [-0.25, -0.2) is 9.78 Å². The molecule has 0 atom stereocenters. The first-order chi connectivity index (χ1) is 6.31. The van der Waals surface area contributed by atoms with Crippen LogP contribution in [0, 0.1) is 0 Å². The second kappa shape index (κ2) is 3.14. The van der Waals surface area contributed by atoms with Gasteiger partial charge in [-0.05, 0) is 11.6 Å². The van der Waals surface area contributed by atoms with E-state index in [-0.39, 0.29) is 5.97 Å². The summed E-state index contributed by atoms with van der Waals surface area (Å²) in [7, 11) is 1.36. The zero-order valence-electron chi connectivity index (χ0n) is 7.33. The molecule has 2 heterocycles. The molecule has 1 aromatic rings. The van der Waals surface area contributed by atoms with E-state index in [1.165, 1.54) is 7.11 Å². The number of methoxy groups -OCH3 is 1. The second-order valence-electron chi connectivity index (χ2n) is 2.90. The molecule has 1 aliphatic rings. The Morgan fingerprint density at radius 1 is 1.54 bits per heavy atom. The zero-order valence-corrected chi connectivity index (χ0v) is 7.33. The highest BCUT2D eigenvalue weighted by Gasteiger charge is 2.14. The van der Waals surface area contributed by atoms with Gasteiger partial charge in [-0.2, -0.15) is 0 Å². The Morgan fingerprint density at radius 2 is 2.38 bits per heavy atom. The first-order valence-corrected chi connectivity index (χ1v) is 4.09. The van der Waals surface area contributed by atoms with Gasteiger partial charge in [0.15, 0.2) is 0 Å². The molecule has 1 aromatic heterocycles. The minimum Gasteiger partial charge on any atom is -0.464 e. The predicted octanol–water partition coefficient (Wildman–Crippen LogP) is 0.471. The lowest BCUT2D eigenvalue weighted by molar-refractivity contribution is 0.0594. The maximum absolute atomic E-state index is 11.1. The van der Waals surface area contributed by atoms with Crippen molar-refractivity contribution in [3.05, 3.63) is 29.1 Å². The summed E-state index contributed by atoms with van der Waals surface area (Å²) >= 11 is 0. The van der Waals surface area contributed by atoms with Gasteiger partial charge in [0.05, 0.1) is 12.8 Å². The molecular formula is C9H10N2O2. The van der Waals surface area contributed by atoms with Crippen molar-refractivity contribution in [3.8, 4) is 0 Å². The monoisotopic (exact) mass is 178 g/mol. The average molecular weight is 178 g/mol. The fourth-order valence-corrected chi connectivity index (χ4v) is 1.38. The van der Waals surface area contributed by atoms with Gasteiger partial charge < -0.3 is 10.1 Å². The van der Waals surface area contributed by atoms with Crippen molar-refractivity contribution in [1.29, 1.82) is 0 Å². The Morgan fingerprint density at radius 3 is 3.15 bits per heavy atom. The normalized spacial score (nSPS) is 13.9. The van der Waals surface area contributed by atoms with Crippen LogP contribution in [-0.2, 0) is 17.8 Å². The van der Waals surface area contributed by atoms with E-state index in [0.29, 0.717) is 5.69 Å². The quantitative estimate of drug-likeness (QED) is 0.635. The smallest absolute Gasteiger partial charge is 0.356 e. The summed E-state index contributed by atoms with van der Waals surface area (Å²) in [5, 5.41) is 3.16. The fraction of sp³-hybridized carbons (Fsp3) is 0.333. The van der Waals surface area contributed by atoms with Crippen LogP contribution < -0.4 is 5.32 Å². The van der Waals surface area contributed by atoms with E-state index < -0.39 is 0 Å². The molecule has 1 aliphatic heterocycles. The number of hydrogen-bond acceptors (Lipinski definition) is 4. The number of ether oxygens (including phenoxy) is 1. The number of carbonyl (C=O) groups excluding carboxylic acids is 1. The molecule has 13 heavy (non-hydrogen) atoms. The van der Waals surface area contributed by atoms with Crippen LogP contribution in [0.2, 0.25) is 0 Å². The van der Waals surface area contributed by atoms with Crippen molar-refractivity contribution in [1.82, 2.24) is 10.3 Å². The Labute approximate surface area is 75.9 Å². The van der Waals surface area contributed by atoms with Crippen LogP contribution in [0.15, 0.2) is 12.1 Å². The summed E-state index contributed by atoms with van der Waals surface area (Å²) in [5.41, 5.74) is 2.49. The maximum atomic E-state index is 11.1. The summed E-state index contributed by atoms with van der Waals surface area (Å²) < 4.78 is 4.57. The highest BCUT2D eigenvalue weighted by atomic mass is 16.5. The van der Waals surface area contributed by atoms with Gasteiger partial charge in [-0.15, -0.1) is 0 Å². The molecule has 0 aromatic carbocycles. The van der Waals surface area contributed by atoms with Crippen molar-refractivity contribution in [2.75, 3.05) is 7.11 Å². The molecule has 1 N–H and O–H groups in total. The molecule has 0 spiro atoms. The Bertz CT molecular complexity index is 349. The highest BCUT2D eigenvalue weighted by Crippen LogP contribution is 2.13. The Balaban J connectivity index is 2.36. The molecule has 4 heteroatoms. The van der Waals surface area contributed by atoms with Crippen molar-refractivity contribution in [3.63, 3.8) is 0 Å². The largest absolute Gasteiger partial charge is 0.464 e. The molecule has 0 saturated carbocycles. The molecular weight excluding hydrogens is 168 g/mol. The minimum absolute atomic E-state index is 0.380. The van der Waals surface area contributed by atoms with E-state index in [9.17, 15) is 4.79 Å². The van der Waals surface area contributed by atoms with Gasteiger partial charge >= 0.3 is 5.97 Å². The fourth-order valence-electron chi connectivity index (χ4n) is 1.38. The van der Waals surface area contributed by atoms with Crippen LogP contribution in [0.1, 0.15) is 21.7 Å². The van der Waals surface area contributed by atoms with E-state index in [1.54, 1.807) is 6.07 Å². The number of aromatic nitrogens is 1. The van der Waals surface area contributed by atoms with Gasteiger partial charge in [0.25, 0.3) is 0 Å². The van der Waals surface area contributed by atoms with E-state index in [2.05, 4.69) is 15.0 Å². The summed E-state index contributed by atoms with van der Waals surface area (Å²) in [5.74, 6) is -0.380. The van der Waals surface area contributed by atoms with Crippen LogP contribution in [0.3, 0.4) is 0 Å². The SMILES string of the molecule is COC(=O)c1ccc2c(n1)CNC2. The highest BCUT2D eigenvalue weighted by molar-refractivity contribution is 5.87. The van der Waals surface area contributed by atoms with Gasteiger partial charge in [-0.1, -0.05) is 6.07 Å². The van der Waals surface area contributed by atoms with Gasteiger partial charge in [0.1, 0.15) is 5.69 Å². The average Bonchev–Trinajstić information content (AvgIpc) is 2.63. The van der Waals surface area contributed by atoms with Crippen molar-refractivity contribution >= 4 is 5.97 Å². The lowest BCUT2D eigenvalue weighted by atomic mass is 10.2. The number of esters is 1. The van der Waals surface area contributed by atoms with Gasteiger partial charge in [0, 0.05) is 13.1 Å². The van der Waals surface area contributed by atoms with Crippen molar-refractivity contribution < 1.29 is 9.53 Å². The van der Waals surface area contributed by atoms with Gasteiger partial charge in [-0.3, -0.25) is 0 Å². The molecule has 68 valence electrons. The van der Waals surface area contributed by atoms with E-state index in [1.807, 2.05) is 6.07 Å². The second-order valence-corrected chi connectivity index (χ2v) is 2.90. The van der Waals surface area contributed by atoms with E-state index in [0.717, 1.165) is 24.3 Å². The van der Waals surface area contributed by atoms with Crippen molar-refractivity contribution in [2.45, 2.75) is 13.1 Å². The molecule has 0 radical (unpaired) electrons. The van der Waals surface area contributed by atoms with E-state index in [4.69, 9.17) is 0 Å². The molecule has 0 fully saturated rings. The molecule has 0 aliphatic carbocycles. The van der Waals surface area contributed by atoms with Crippen LogP contribution in [0.4, 0.5) is 0 Å².